The highest BCUT2D eigenvalue weighted by Crippen LogP contribution is 2.41. The summed E-state index contributed by atoms with van der Waals surface area (Å²) in [7, 11) is 0. The second-order valence-electron chi connectivity index (χ2n) is 11.5. The molecule has 0 atom stereocenters. The number of thiazole rings is 1. The molecule has 9 aromatic rings. The second kappa shape index (κ2) is 11.0. The zero-order valence-electron chi connectivity index (χ0n) is 24.8. The van der Waals surface area contributed by atoms with Crippen molar-refractivity contribution < 1.29 is 0 Å². The first kappa shape index (κ1) is 26.6. The number of benzene rings is 6. The Hall–Kier alpha value is -5.84. The second-order valence-corrected chi connectivity index (χ2v) is 12.5. The van der Waals surface area contributed by atoms with Gasteiger partial charge in [0, 0.05) is 33.7 Å². The van der Waals surface area contributed by atoms with Crippen LogP contribution in [0.2, 0.25) is 0 Å². The molecule has 0 aliphatic rings. The van der Waals surface area contributed by atoms with Crippen molar-refractivity contribution in [1.29, 1.82) is 0 Å². The van der Waals surface area contributed by atoms with Gasteiger partial charge in [0.15, 0.2) is 0 Å². The first-order valence-corrected chi connectivity index (χ1v) is 16.2. The molecule has 0 aliphatic carbocycles. The van der Waals surface area contributed by atoms with Gasteiger partial charge in [0.2, 0.25) is 0 Å². The number of hydrogen-bond donors (Lipinski definition) is 0. The summed E-state index contributed by atoms with van der Waals surface area (Å²) in [4.78, 5) is 9.72. The van der Waals surface area contributed by atoms with E-state index in [0.29, 0.717) is 0 Å². The van der Waals surface area contributed by atoms with E-state index in [4.69, 9.17) is 9.97 Å². The summed E-state index contributed by atoms with van der Waals surface area (Å²) in [6.07, 6.45) is 1.86. The molecule has 216 valence electrons. The lowest BCUT2D eigenvalue weighted by molar-refractivity contribution is 1.18. The Morgan fingerprint density at radius 1 is 0.478 bits per heavy atom. The van der Waals surface area contributed by atoms with Gasteiger partial charge >= 0.3 is 0 Å². The van der Waals surface area contributed by atoms with Gasteiger partial charge in [-0.25, -0.2) is 4.98 Å². The van der Waals surface area contributed by atoms with Crippen LogP contribution in [0.15, 0.2) is 164 Å². The van der Waals surface area contributed by atoms with E-state index in [1.807, 2.05) is 18.3 Å². The van der Waals surface area contributed by atoms with Crippen LogP contribution in [-0.2, 0) is 0 Å². The Balaban J connectivity index is 1.36. The summed E-state index contributed by atoms with van der Waals surface area (Å²) < 4.78 is 3.63. The molecule has 4 heteroatoms. The predicted octanol–water partition coefficient (Wildman–Crippen LogP) is 11.5. The van der Waals surface area contributed by atoms with Crippen molar-refractivity contribution in [3.05, 3.63) is 164 Å². The Kier molecular flexibility index (Phi) is 6.32. The molecule has 0 amide bonds. The highest BCUT2D eigenvalue weighted by atomic mass is 32.1. The Morgan fingerprint density at radius 2 is 1.22 bits per heavy atom. The minimum Gasteiger partial charge on any atom is -0.309 e. The molecule has 0 spiro atoms. The number of para-hydroxylation sites is 1. The van der Waals surface area contributed by atoms with E-state index in [9.17, 15) is 0 Å². The average Bonchev–Trinajstić information content (AvgIpc) is 3.71. The van der Waals surface area contributed by atoms with Gasteiger partial charge in [0.1, 0.15) is 5.01 Å². The molecular weight excluding hydrogens is 579 g/mol. The first-order valence-electron chi connectivity index (χ1n) is 15.4. The predicted molar refractivity (Wildman–Crippen MR) is 193 cm³/mol. The average molecular weight is 606 g/mol. The standard InChI is InChI=1S/C42H27N3S/c1-3-11-28(12-4-1)30-20-23-38-35(25-30)34-22-19-32(42-44-37-16-7-8-17-41(37)46-42)27-40(34)45(38)39-26-31(36-15-9-10-24-43-36)18-21-33(39)29-13-5-2-6-14-29/h1-27H. The van der Waals surface area contributed by atoms with E-state index in [1.54, 1.807) is 11.3 Å². The van der Waals surface area contributed by atoms with Crippen LogP contribution in [0.1, 0.15) is 0 Å². The maximum Gasteiger partial charge on any atom is 0.124 e. The van der Waals surface area contributed by atoms with Gasteiger partial charge in [0.25, 0.3) is 0 Å². The number of aromatic nitrogens is 3. The van der Waals surface area contributed by atoms with Crippen LogP contribution < -0.4 is 0 Å². The minimum absolute atomic E-state index is 0.950. The molecule has 46 heavy (non-hydrogen) atoms. The van der Waals surface area contributed by atoms with Crippen molar-refractivity contribution in [3.8, 4) is 49.8 Å². The Bertz CT molecular complexity index is 2480. The van der Waals surface area contributed by atoms with E-state index in [-0.39, 0.29) is 0 Å². The van der Waals surface area contributed by atoms with Crippen LogP contribution in [0.3, 0.4) is 0 Å². The topological polar surface area (TPSA) is 30.7 Å². The van der Waals surface area contributed by atoms with Crippen LogP contribution in [0, 0.1) is 0 Å². The van der Waals surface area contributed by atoms with Gasteiger partial charge in [-0.05, 0) is 65.2 Å². The third kappa shape index (κ3) is 4.50. The van der Waals surface area contributed by atoms with Crippen molar-refractivity contribution in [2.75, 3.05) is 0 Å². The van der Waals surface area contributed by atoms with Crippen LogP contribution in [-0.4, -0.2) is 14.5 Å². The van der Waals surface area contributed by atoms with Crippen molar-refractivity contribution in [1.82, 2.24) is 14.5 Å². The monoisotopic (exact) mass is 605 g/mol. The molecule has 6 aromatic carbocycles. The van der Waals surface area contributed by atoms with Crippen molar-refractivity contribution >= 4 is 43.4 Å². The fourth-order valence-electron chi connectivity index (χ4n) is 6.49. The van der Waals surface area contributed by atoms with Crippen molar-refractivity contribution in [3.63, 3.8) is 0 Å². The van der Waals surface area contributed by atoms with Gasteiger partial charge in [-0.1, -0.05) is 109 Å². The van der Waals surface area contributed by atoms with Crippen LogP contribution in [0.25, 0.3) is 81.8 Å². The molecule has 3 nitrogen and oxygen atoms in total. The summed E-state index contributed by atoms with van der Waals surface area (Å²) in [5.74, 6) is 0. The number of fused-ring (bicyclic) bond motifs is 4. The summed E-state index contributed by atoms with van der Waals surface area (Å²) in [6, 6.07) is 56.1. The molecule has 9 rings (SSSR count). The Labute approximate surface area is 270 Å². The van der Waals surface area contributed by atoms with Crippen molar-refractivity contribution in [2.45, 2.75) is 0 Å². The highest BCUT2D eigenvalue weighted by Gasteiger charge is 2.19. The largest absolute Gasteiger partial charge is 0.309 e. The molecule has 0 bridgehead atoms. The summed E-state index contributed by atoms with van der Waals surface area (Å²) in [5.41, 5.74) is 12.3. The van der Waals surface area contributed by atoms with E-state index < -0.39 is 0 Å². The van der Waals surface area contributed by atoms with Gasteiger partial charge in [0.05, 0.1) is 32.6 Å². The number of rotatable bonds is 5. The maximum atomic E-state index is 5.02. The van der Waals surface area contributed by atoms with Gasteiger partial charge in [-0.15, -0.1) is 11.3 Å². The number of hydrogen-bond acceptors (Lipinski definition) is 3. The van der Waals surface area contributed by atoms with E-state index >= 15 is 0 Å². The molecule has 3 heterocycles. The van der Waals surface area contributed by atoms with E-state index in [1.165, 1.54) is 32.2 Å². The first-order chi connectivity index (χ1) is 22.8. The molecule has 0 fully saturated rings. The lowest BCUT2D eigenvalue weighted by Gasteiger charge is -2.16. The van der Waals surface area contributed by atoms with Gasteiger partial charge in [-0.2, -0.15) is 0 Å². The maximum absolute atomic E-state index is 5.02. The molecule has 3 aromatic heterocycles. The quantitative estimate of drug-likeness (QED) is 0.195. The van der Waals surface area contributed by atoms with E-state index in [2.05, 4.69) is 150 Å². The van der Waals surface area contributed by atoms with Crippen LogP contribution >= 0.6 is 11.3 Å². The number of pyridine rings is 1. The third-order valence-electron chi connectivity index (χ3n) is 8.70. The molecule has 0 saturated heterocycles. The summed E-state index contributed by atoms with van der Waals surface area (Å²) in [5, 5.41) is 3.45. The lowest BCUT2D eigenvalue weighted by atomic mass is 9.99. The number of nitrogens with zero attached hydrogens (tertiary/aromatic N) is 3. The summed E-state index contributed by atoms with van der Waals surface area (Å²) in [6.45, 7) is 0. The minimum atomic E-state index is 0.950. The molecule has 0 radical (unpaired) electrons. The van der Waals surface area contributed by atoms with Crippen LogP contribution in [0.5, 0.6) is 0 Å². The zero-order chi connectivity index (χ0) is 30.5. The summed E-state index contributed by atoms with van der Waals surface area (Å²) >= 11 is 1.74. The van der Waals surface area contributed by atoms with Gasteiger partial charge < -0.3 is 4.57 Å². The fraction of sp³-hybridized carbons (Fsp3) is 0. The van der Waals surface area contributed by atoms with E-state index in [0.717, 1.165) is 49.6 Å². The van der Waals surface area contributed by atoms with Crippen molar-refractivity contribution in [2.24, 2.45) is 0 Å². The molecular formula is C42H27N3S. The fourth-order valence-corrected chi connectivity index (χ4v) is 7.45. The normalized spacial score (nSPS) is 11.5. The van der Waals surface area contributed by atoms with Crippen LogP contribution in [0.4, 0.5) is 0 Å². The Morgan fingerprint density at radius 3 is 2.02 bits per heavy atom. The zero-order valence-corrected chi connectivity index (χ0v) is 25.7. The SMILES string of the molecule is c1ccc(-c2ccc3c(c2)c2ccc(-c4nc5ccccc5s4)cc2n3-c2cc(-c3ccccn3)ccc2-c2ccccc2)cc1. The molecule has 0 saturated carbocycles. The highest BCUT2D eigenvalue weighted by molar-refractivity contribution is 7.21. The lowest BCUT2D eigenvalue weighted by Crippen LogP contribution is -1.99. The smallest absolute Gasteiger partial charge is 0.124 e. The molecule has 0 N–H and O–H groups in total. The molecule has 0 aliphatic heterocycles. The molecule has 0 unspecified atom stereocenters. The third-order valence-corrected chi connectivity index (χ3v) is 9.78. The van der Waals surface area contributed by atoms with Gasteiger partial charge in [-0.3, -0.25) is 4.98 Å².